The highest BCUT2D eigenvalue weighted by molar-refractivity contribution is 6.30. The fourth-order valence-corrected chi connectivity index (χ4v) is 4.94. The number of hydrogen-bond donors (Lipinski definition) is 1. The van der Waals surface area contributed by atoms with E-state index in [9.17, 15) is 14.0 Å². The number of hydrogen-bond acceptors (Lipinski definition) is 6. The van der Waals surface area contributed by atoms with Gasteiger partial charge in [0.1, 0.15) is 5.82 Å². The minimum atomic E-state index is -0.603. The van der Waals surface area contributed by atoms with E-state index in [-0.39, 0.29) is 11.7 Å². The van der Waals surface area contributed by atoms with Crippen LogP contribution in [0.1, 0.15) is 11.1 Å². The molecule has 0 radical (unpaired) electrons. The molecule has 2 fully saturated rings. The number of aliphatic imine (C=N–C) groups is 1. The van der Waals surface area contributed by atoms with E-state index >= 15 is 0 Å². The van der Waals surface area contributed by atoms with Gasteiger partial charge in [0, 0.05) is 51.3 Å². The molecule has 34 heavy (non-hydrogen) atoms. The maximum atomic E-state index is 13.2. The van der Waals surface area contributed by atoms with E-state index in [2.05, 4.69) is 15.1 Å². The van der Waals surface area contributed by atoms with Gasteiger partial charge in [-0.15, -0.1) is 0 Å². The van der Waals surface area contributed by atoms with Gasteiger partial charge in [0.15, 0.2) is 18.2 Å². The molecule has 3 aliphatic heterocycles. The summed E-state index contributed by atoms with van der Waals surface area (Å²) in [4.78, 5) is 37.9. The van der Waals surface area contributed by atoms with Crippen LogP contribution in [0.2, 0.25) is 5.02 Å². The number of carbonyl (C=O) groups is 2. The van der Waals surface area contributed by atoms with Gasteiger partial charge >= 0.3 is 6.03 Å². The molecule has 1 N–H and O–H groups in total. The summed E-state index contributed by atoms with van der Waals surface area (Å²) < 4.78 is 13.2. The highest BCUT2D eigenvalue weighted by atomic mass is 35.5. The van der Waals surface area contributed by atoms with Crippen LogP contribution in [0.4, 0.5) is 9.18 Å². The van der Waals surface area contributed by atoms with Gasteiger partial charge in [-0.1, -0.05) is 35.9 Å². The summed E-state index contributed by atoms with van der Waals surface area (Å²) in [5, 5.41) is 3.07. The van der Waals surface area contributed by atoms with Crippen LogP contribution in [0, 0.1) is 5.82 Å². The Bertz CT molecular complexity index is 1120. The van der Waals surface area contributed by atoms with Gasteiger partial charge in [0.05, 0.1) is 0 Å². The van der Waals surface area contributed by atoms with Gasteiger partial charge in [0.25, 0.3) is 5.91 Å². The average molecular weight is 485 g/mol. The van der Waals surface area contributed by atoms with Crippen molar-refractivity contribution in [2.45, 2.75) is 25.3 Å². The molecule has 8 nitrogen and oxygen atoms in total. The van der Waals surface area contributed by atoms with Crippen molar-refractivity contribution in [3.63, 3.8) is 0 Å². The normalized spacial score (nSPS) is 23.1. The Morgan fingerprint density at radius 1 is 1.03 bits per heavy atom. The van der Waals surface area contributed by atoms with Crippen molar-refractivity contribution in [2.24, 2.45) is 4.99 Å². The van der Waals surface area contributed by atoms with Crippen molar-refractivity contribution in [2.75, 3.05) is 33.2 Å². The van der Waals surface area contributed by atoms with Crippen LogP contribution in [0.3, 0.4) is 0 Å². The van der Waals surface area contributed by atoms with Gasteiger partial charge in [-0.05, 0) is 35.4 Å². The lowest BCUT2D eigenvalue weighted by atomic mass is 10.1. The quantitative estimate of drug-likeness (QED) is 0.721. The number of guanidine groups is 1. The summed E-state index contributed by atoms with van der Waals surface area (Å²) in [6, 6.07) is 13.1. The van der Waals surface area contributed by atoms with Crippen LogP contribution in [-0.4, -0.2) is 82.9 Å². The van der Waals surface area contributed by atoms with Crippen molar-refractivity contribution < 1.29 is 14.0 Å². The van der Waals surface area contributed by atoms with Crippen molar-refractivity contribution in [1.29, 1.82) is 0 Å². The smallest absolute Gasteiger partial charge is 0.325 e. The fraction of sp³-hybridized carbons (Fsp3) is 0.375. The molecule has 0 aromatic heterocycles. The summed E-state index contributed by atoms with van der Waals surface area (Å²) in [5.74, 6) is 0.137. The maximum absolute atomic E-state index is 13.2. The number of piperazine rings is 1. The van der Waals surface area contributed by atoms with Gasteiger partial charge in [-0.2, -0.15) is 0 Å². The monoisotopic (exact) mass is 484 g/mol. The van der Waals surface area contributed by atoms with Gasteiger partial charge < -0.3 is 14.7 Å². The molecule has 3 heterocycles. The Kier molecular flexibility index (Phi) is 6.14. The number of likely N-dealkylation sites (N-methyl/N-ethyl adjacent to an activating group) is 1. The second-order valence-corrected chi connectivity index (χ2v) is 9.28. The molecule has 10 heteroatoms. The lowest BCUT2D eigenvalue weighted by Gasteiger charge is -2.40. The minimum Gasteiger partial charge on any atom is -0.340 e. The zero-order valence-electron chi connectivity index (χ0n) is 18.8. The minimum absolute atomic E-state index is 0.235. The van der Waals surface area contributed by atoms with Crippen LogP contribution in [0.15, 0.2) is 53.5 Å². The number of rotatable bonds is 4. The lowest BCUT2D eigenvalue weighted by Crippen LogP contribution is -2.64. The van der Waals surface area contributed by atoms with Crippen molar-refractivity contribution in [3.8, 4) is 0 Å². The Hall–Kier alpha value is -3.17. The summed E-state index contributed by atoms with van der Waals surface area (Å²) >= 11 is 6.20. The molecule has 0 bridgehead atoms. The third kappa shape index (κ3) is 4.45. The Morgan fingerprint density at radius 3 is 2.47 bits per heavy atom. The molecule has 2 aromatic carbocycles. The molecule has 2 saturated heterocycles. The van der Waals surface area contributed by atoms with E-state index in [4.69, 9.17) is 16.6 Å². The van der Waals surface area contributed by atoms with Crippen LogP contribution >= 0.6 is 11.6 Å². The molecule has 2 atom stereocenters. The zero-order chi connectivity index (χ0) is 23.8. The highest BCUT2D eigenvalue weighted by Crippen LogP contribution is 2.28. The number of amides is 3. The maximum Gasteiger partial charge on any atom is 0.325 e. The second kappa shape index (κ2) is 9.23. The Morgan fingerprint density at radius 2 is 1.76 bits per heavy atom. The summed E-state index contributed by atoms with van der Waals surface area (Å²) in [6.45, 7) is 4.26. The zero-order valence-corrected chi connectivity index (χ0v) is 19.6. The van der Waals surface area contributed by atoms with E-state index < -0.39 is 18.2 Å². The molecule has 0 spiro atoms. The third-order valence-electron chi connectivity index (χ3n) is 6.56. The molecule has 5 rings (SSSR count). The van der Waals surface area contributed by atoms with Crippen LogP contribution < -0.4 is 5.32 Å². The molecular formula is C24H26ClFN6O2. The molecule has 3 aliphatic rings. The molecule has 178 valence electrons. The standard InChI is InChI=1S/C24H26ClFN6O2/c1-29-21-20(22(33)28-24(29)34)32(15-17-3-2-4-18(25)13-17)23(27-21)31-11-9-30(10-12-31)14-16-5-7-19(26)8-6-16/h2-8,13,20-21H,9-12,14-15H2,1H3,(H,28,33,34). The van der Waals surface area contributed by atoms with Crippen LogP contribution in [0.5, 0.6) is 0 Å². The number of nitrogens with zero attached hydrogens (tertiary/aromatic N) is 5. The van der Waals surface area contributed by atoms with Crippen molar-refractivity contribution >= 4 is 29.5 Å². The first-order chi connectivity index (χ1) is 16.4. The van der Waals surface area contributed by atoms with E-state index in [0.717, 1.165) is 43.9 Å². The number of urea groups is 1. The first-order valence-corrected chi connectivity index (χ1v) is 11.6. The molecule has 0 aliphatic carbocycles. The van der Waals surface area contributed by atoms with Gasteiger partial charge in [0.2, 0.25) is 0 Å². The number of imide groups is 1. The second-order valence-electron chi connectivity index (χ2n) is 8.84. The molecule has 2 unspecified atom stereocenters. The number of halogens is 2. The average Bonchev–Trinajstić information content (AvgIpc) is 3.19. The topological polar surface area (TPSA) is 71.5 Å². The van der Waals surface area contributed by atoms with Gasteiger partial charge in [-0.3, -0.25) is 15.0 Å². The van der Waals surface area contributed by atoms with E-state index in [1.54, 1.807) is 7.05 Å². The lowest BCUT2D eigenvalue weighted by molar-refractivity contribution is -0.127. The van der Waals surface area contributed by atoms with Gasteiger partial charge in [-0.25, -0.2) is 14.2 Å². The Labute approximate surface area is 202 Å². The molecular weight excluding hydrogens is 459 g/mol. The van der Waals surface area contributed by atoms with Crippen molar-refractivity contribution in [3.05, 3.63) is 70.5 Å². The molecule has 2 aromatic rings. The third-order valence-corrected chi connectivity index (χ3v) is 6.79. The van der Waals surface area contributed by atoms with E-state index in [1.165, 1.54) is 17.0 Å². The summed E-state index contributed by atoms with van der Waals surface area (Å²) in [6.07, 6.45) is -0.576. The fourth-order valence-electron chi connectivity index (χ4n) is 4.73. The number of carbonyl (C=O) groups excluding carboxylic acids is 2. The van der Waals surface area contributed by atoms with Crippen LogP contribution in [0.25, 0.3) is 0 Å². The van der Waals surface area contributed by atoms with Crippen LogP contribution in [-0.2, 0) is 17.9 Å². The number of nitrogens with one attached hydrogen (secondary N) is 1. The Balaban J connectivity index is 1.34. The number of fused-ring (bicyclic) bond motifs is 1. The predicted molar refractivity (Wildman–Crippen MR) is 127 cm³/mol. The first-order valence-electron chi connectivity index (χ1n) is 11.3. The molecule has 0 saturated carbocycles. The SMILES string of the molecule is CN1C(=O)NC(=O)C2C1N=C(N1CCN(Cc3ccc(F)cc3)CC1)N2Cc1cccc(Cl)c1. The van der Waals surface area contributed by atoms with E-state index in [0.29, 0.717) is 17.5 Å². The van der Waals surface area contributed by atoms with Crippen molar-refractivity contribution in [1.82, 2.24) is 24.9 Å². The predicted octanol–water partition coefficient (Wildman–Crippen LogP) is 2.34. The number of benzene rings is 2. The summed E-state index contributed by atoms with van der Waals surface area (Å²) in [7, 11) is 1.66. The summed E-state index contributed by atoms with van der Waals surface area (Å²) in [5.41, 5.74) is 2.03. The first kappa shape index (κ1) is 22.6. The molecule has 3 amide bonds. The van der Waals surface area contributed by atoms with E-state index in [1.807, 2.05) is 41.3 Å². The largest absolute Gasteiger partial charge is 0.340 e. The highest BCUT2D eigenvalue weighted by Gasteiger charge is 2.49.